The lowest BCUT2D eigenvalue weighted by molar-refractivity contribution is -0.117. The zero-order chi connectivity index (χ0) is 16.5. The maximum absolute atomic E-state index is 11.8. The van der Waals surface area contributed by atoms with Gasteiger partial charge in [-0.15, -0.1) is 0 Å². The van der Waals surface area contributed by atoms with E-state index < -0.39 is 0 Å². The summed E-state index contributed by atoms with van der Waals surface area (Å²) in [6.07, 6.45) is 3.41. The van der Waals surface area contributed by atoms with Crippen LogP contribution < -0.4 is 10.6 Å². The van der Waals surface area contributed by atoms with Crippen molar-refractivity contribution in [1.29, 1.82) is 0 Å². The first-order chi connectivity index (χ1) is 11.1. The van der Waals surface area contributed by atoms with Crippen LogP contribution in [0.5, 0.6) is 0 Å². The largest absolute Gasteiger partial charge is 0.352 e. The van der Waals surface area contributed by atoms with Crippen LogP contribution in [0.4, 0.5) is 5.69 Å². The van der Waals surface area contributed by atoms with E-state index >= 15 is 0 Å². The molecule has 0 aliphatic carbocycles. The molecule has 0 radical (unpaired) electrons. The average molecular weight is 373 g/mol. The lowest BCUT2D eigenvalue weighted by Gasteiger charge is -2.06. The van der Waals surface area contributed by atoms with E-state index in [0.29, 0.717) is 0 Å². The molecule has 5 heteroatoms. The van der Waals surface area contributed by atoms with Gasteiger partial charge in [-0.1, -0.05) is 52.3 Å². The van der Waals surface area contributed by atoms with Crippen molar-refractivity contribution in [3.63, 3.8) is 0 Å². The molecule has 2 amide bonds. The number of halogens is 1. The number of amides is 2. The summed E-state index contributed by atoms with van der Waals surface area (Å²) in [6, 6.07) is 16.9. The molecule has 0 fully saturated rings. The molecule has 23 heavy (non-hydrogen) atoms. The number of hydrogen-bond acceptors (Lipinski definition) is 2. The van der Waals surface area contributed by atoms with Gasteiger partial charge in [0, 0.05) is 29.2 Å². The third-order valence-corrected chi connectivity index (χ3v) is 3.48. The second kappa shape index (κ2) is 8.90. The molecule has 2 aromatic carbocycles. The third kappa shape index (κ3) is 6.48. The molecule has 0 atom stereocenters. The monoisotopic (exact) mass is 372 g/mol. The van der Waals surface area contributed by atoms with Gasteiger partial charge in [0.15, 0.2) is 0 Å². The number of rotatable bonds is 6. The van der Waals surface area contributed by atoms with E-state index in [2.05, 4.69) is 26.6 Å². The highest BCUT2D eigenvalue weighted by Gasteiger charge is 2.03. The Balaban J connectivity index is 1.71. The molecular weight excluding hydrogens is 356 g/mol. The molecule has 118 valence electrons. The van der Waals surface area contributed by atoms with Crippen LogP contribution in [-0.2, 0) is 9.59 Å². The molecule has 4 nitrogen and oxygen atoms in total. The van der Waals surface area contributed by atoms with Crippen molar-refractivity contribution in [2.45, 2.75) is 6.42 Å². The number of anilines is 1. The Hall–Kier alpha value is -2.40. The highest BCUT2D eigenvalue weighted by atomic mass is 79.9. The van der Waals surface area contributed by atoms with Gasteiger partial charge in [-0.2, -0.15) is 0 Å². The highest BCUT2D eigenvalue weighted by Crippen LogP contribution is 2.15. The van der Waals surface area contributed by atoms with Crippen molar-refractivity contribution in [2.24, 2.45) is 0 Å². The first-order valence-corrected chi connectivity index (χ1v) is 7.99. The van der Waals surface area contributed by atoms with Gasteiger partial charge in [0.25, 0.3) is 0 Å². The maximum atomic E-state index is 11.8. The minimum absolute atomic E-state index is 0.143. The van der Waals surface area contributed by atoms with Gasteiger partial charge < -0.3 is 10.6 Å². The van der Waals surface area contributed by atoms with Crippen LogP contribution in [0.2, 0.25) is 0 Å². The van der Waals surface area contributed by atoms with Crippen molar-refractivity contribution < 1.29 is 9.59 Å². The Morgan fingerprint density at radius 1 is 1.04 bits per heavy atom. The van der Waals surface area contributed by atoms with Gasteiger partial charge in [-0.05, 0) is 29.8 Å². The normalized spacial score (nSPS) is 10.5. The minimum atomic E-state index is -0.218. The summed E-state index contributed by atoms with van der Waals surface area (Å²) in [4.78, 5) is 23.5. The van der Waals surface area contributed by atoms with E-state index in [1.807, 2.05) is 54.6 Å². The summed E-state index contributed by atoms with van der Waals surface area (Å²) < 4.78 is 0.898. The Morgan fingerprint density at radius 3 is 2.57 bits per heavy atom. The number of carbonyl (C=O) groups is 2. The van der Waals surface area contributed by atoms with E-state index in [1.54, 1.807) is 6.08 Å². The third-order valence-electron chi connectivity index (χ3n) is 2.99. The van der Waals surface area contributed by atoms with Crippen LogP contribution in [0.25, 0.3) is 6.08 Å². The molecule has 0 spiro atoms. The average Bonchev–Trinajstić information content (AvgIpc) is 2.54. The van der Waals surface area contributed by atoms with Gasteiger partial charge >= 0.3 is 0 Å². The van der Waals surface area contributed by atoms with Crippen molar-refractivity contribution in [3.8, 4) is 0 Å². The van der Waals surface area contributed by atoms with Crippen LogP contribution in [0, 0.1) is 0 Å². The quantitative estimate of drug-likeness (QED) is 0.760. The number of nitrogens with one attached hydrogen (secondary N) is 2. The number of carbonyl (C=O) groups excluding carboxylic acids is 2. The molecule has 0 unspecified atom stereocenters. The summed E-state index contributed by atoms with van der Waals surface area (Å²) in [5, 5.41) is 5.46. The van der Waals surface area contributed by atoms with Gasteiger partial charge in [-0.25, -0.2) is 0 Å². The van der Waals surface area contributed by atoms with Gasteiger partial charge in [0.1, 0.15) is 0 Å². The molecule has 0 aromatic heterocycles. The molecule has 0 heterocycles. The van der Waals surface area contributed by atoms with Gasteiger partial charge in [-0.3, -0.25) is 9.59 Å². The van der Waals surface area contributed by atoms with Crippen LogP contribution in [0.3, 0.4) is 0 Å². The zero-order valence-corrected chi connectivity index (χ0v) is 14.0. The van der Waals surface area contributed by atoms with E-state index in [9.17, 15) is 9.59 Å². The number of benzene rings is 2. The fourth-order valence-corrected chi connectivity index (χ4v) is 2.28. The summed E-state index contributed by atoms with van der Waals surface area (Å²) in [6.45, 7) is 0.289. The zero-order valence-electron chi connectivity index (χ0n) is 12.5. The van der Waals surface area contributed by atoms with Crippen molar-refractivity contribution >= 4 is 39.5 Å². The lowest BCUT2D eigenvalue weighted by atomic mass is 10.2. The Morgan fingerprint density at radius 2 is 1.83 bits per heavy atom. The molecule has 0 aliphatic heterocycles. The fourth-order valence-electron chi connectivity index (χ4n) is 1.88. The summed E-state index contributed by atoms with van der Waals surface area (Å²) in [5.74, 6) is -0.362. The van der Waals surface area contributed by atoms with E-state index in [1.165, 1.54) is 6.08 Å². The van der Waals surface area contributed by atoms with E-state index in [-0.39, 0.29) is 24.8 Å². The predicted octanol–water partition coefficient (Wildman–Crippen LogP) is 3.61. The van der Waals surface area contributed by atoms with Crippen LogP contribution in [0.1, 0.15) is 12.0 Å². The topological polar surface area (TPSA) is 58.2 Å². The second-order valence-electron chi connectivity index (χ2n) is 4.84. The SMILES string of the molecule is O=C(/C=C/c1ccccc1)NCCC(=O)Nc1cccc(Br)c1. The summed E-state index contributed by atoms with van der Waals surface area (Å²) >= 11 is 3.34. The first-order valence-electron chi connectivity index (χ1n) is 7.20. The van der Waals surface area contributed by atoms with E-state index in [4.69, 9.17) is 0 Å². The smallest absolute Gasteiger partial charge is 0.244 e. The molecule has 0 saturated carbocycles. The Kier molecular flexibility index (Phi) is 6.56. The van der Waals surface area contributed by atoms with E-state index in [0.717, 1.165) is 15.7 Å². The van der Waals surface area contributed by atoms with Crippen LogP contribution in [-0.4, -0.2) is 18.4 Å². The predicted molar refractivity (Wildman–Crippen MR) is 95.9 cm³/mol. The van der Waals surface area contributed by atoms with Gasteiger partial charge in [0.2, 0.25) is 11.8 Å². The van der Waals surface area contributed by atoms with Crippen molar-refractivity contribution in [1.82, 2.24) is 5.32 Å². The molecule has 0 aliphatic rings. The molecule has 0 saturated heterocycles. The first kappa shape index (κ1) is 17.0. The lowest BCUT2D eigenvalue weighted by Crippen LogP contribution is -2.26. The van der Waals surface area contributed by atoms with Crippen LogP contribution in [0.15, 0.2) is 65.1 Å². The minimum Gasteiger partial charge on any atom is -0.352 e. The Labute approximate surface area is 143 Å². The number of hydrogen-bond donors (Lipinski definition) is 2. The molecule has 2 aromatic rings. The van der Waals surface area contributed by atoms with Gasteiger partial charge in [0.05, 0.1) is 0 Å². The summed E-state index contributed by atoms with van der Waals surface area (Å²) in [5.41, 5.74) is 1.68. The molecule has 2 N–H and O–H groups in total. The van der Waals surface area contributed by atoms with Crippen molar-refractivity contribution in [2.75, 3.05) is 11.9 Å². The second-order valence-corrected chi connectivity index (χ2v) is 5.76. The standard InChI is InChI=1S/C18H17BrN2O2/c19-15-7-4-8-16(13-15)21-18(23)11-12-20-17(22)10-9-14-5-2-1-3-6-14/h1-10,13H,11-12H2,(H,20,22)(H,21,23)/b10-9+. The van der Waals surface area contributed by atoms with Crippen LogP contribution >= 0.6 is 15.9 Å². The fraction of sp³-hybridized carbons (Fsp3) is 0.111. The van der Waals surface area contributed by atoms with Crippen molar-refractivity contribution in [3.05, 3.63) is 70.7 Å². The molecule has 2 rings (SSSR count). The maximum Gasteiger partial charge on any atom is 0.244 e. The molecular formula is C18H17BrN2O2. The highest BCUT2D eigenvalue weighted by molar-refractivity contribution is 9.10. The summed E-state index contributed by atoms with van der Waals surface area (Å²) in [7, 11) is 0. The Bertz CT molecular complexity index is 699. The molecule has 0 bridgehead atoms.